The number of ether oxygens (including phenoxy) is 2. The molecule has 0 radical (unpaired) electrons. The van der Waals surface area contributed by atoms with Gasteiger partial charge in [0.2, 0.25) is 11.8 Å². The molecule has 2 unspecified atom stereocenters. The fourth-order valence-electron chi connectivity index (χ4n) is 3.67. The lowest BCUT2D eigenvalue weighted by molar-refractivity contribution is -0.135. The van der Waals surface area contributed by atoms with Gasteiger partial charge in [0.05, 0.1) is 25.8 Å². The second kappa shape index (κ2) is 8.93. The van der Waals surface area contributed by atoms with Gasteiger partial charge in [-0.2, -0.15) is 0 Å². The van der Waals surface area contributed by atoms with Crippen LogP contribution in [0.5, 0.6) is 11.5 Å². The molecule has 2 aliphatic heterocycles. The first kappa shape index (κ1) is 21.9. The van der Waals surface area contributed by atoms with Crippen molar-refractivity contribution in [3.63, 3.8) is 0 Å². The SMILES string of the molecule is COc1ccc2c(c1)OC1(CCC(=O)N(CC(=O)NC(C)C(C)C)CC1)CNC2=O. The normalized spacial score (nSPS) is 22.5. The highest BCUT2D eigenvalue weighted by Gasteiger charge is 2.40. The second-order valence-electron chi connectivity index (χ2n) is 8.50. The van der Waals surface area contributed by atoms with Crippen molar-refractivity contribution in [2.75, 3.05) is 26.7 Å². The summed E-state index contributed by atoms with van der Waals surface area (Å²) >= 11 is 0. The van der Waals surface area contributed by atoms with E-state index in [4.69, 9.17) is 9.47 Å². The second-order valence-corrected chi connectivity index (χ2v) is 8.50. The van der Waals surface area contributed by atoms with E-state index in [1.807, 2.05) is 20.8 Å². The number of hydrogen-bond donors (Lipinski definition) is 2. The number of hydrogen-bond acceptors (Lipinski definition) is 5. The monoisotopic (exact) mass is 417 g/mol. The molecule has 1 aromatic carbocycles. The Morgan fingerprint density at radius 1 is 1.30 bits per heavy atom. The number of rotatable bonds is 5. The number of fused-ring (bicyclic) bond motifs is 1. The Labute approximate surface area is 177 Å². The Balaban J connectivity index is 1.73. The summed E-state index contributed by atoms with van der Waals surface area (Å²) < 4.78 is 11.6. The van der Waals surface area contributed by atoms with E-state index in [0.717, 1.165) is 0 Å². The van der Waals surface area contributed by atoms with Crippen molar-refractivity contribution in [3.05, 3.63) is 23.8 Å². The van der Waals surface area contributed by atoms with Gasteiger partial charge in [-0.05, 0) is 31.4 Å². The molecule has 2 heterocycles. The summed E-state index contributed by atoms with van der Waals surface area (Å²) in [5.74, 6) is 0.917. The van der Waals surface area contributed by atoms with E-state index < -0.39 is 5.60 Å². The van der Waals surface area contributed by atoms with Gasteiger partial charge in [-0.3, -0.25) is 14.4 Å². The summed E-state index contributed by atoms with van der Waals surface area (Å²) in [5.41, 5.74) is -0.263. The molecule has 8 heteroatoms. The summed E-state index contributed by atoms with van der Waals surface area (Å²) in [4.78, 5) is 39.1. The van der Waals surface area contributed by atoms with Crippen LogP contribution in [-0.2, 0) is 9.59 Å². The summed E-state index contributed by atoms with van der Waals surface area (Å²) in [5, 5.41) is 5.87. The molecule has 8 nitrogen and oxygen atoms in total. The molecule has 30 heavy (non-hydrogen) atoms. The summed E-state index contributed by atoms with van der Waals surface area (Å²) in [6.45, 7) is 6.75. The van der Waals surface area contributed by atoms with Gasteiger partial charge in [0.1, 0.15) is 17.1 Å². The maximum atomic E-state index is 12.7. The Bertz CT molecular complexity index is 825. The number of benzene rings is 1. The van der Waals surface area contributed by atoms with E-state index in [0.29, 0.717) is 48.9 Å². The molecule has 2 atom stereocenters. The smallest absolute Gasteiger partial charge is 0.255 e. The van der Waals surface area contributed by atoms with Crippen LogP contribution in [-0.4, -0.2) is 61.0 Å². The lowest BCUT2D eigenvalue weighted by atomic mass is 9.94. The molecule has 164 valence electrons. The highest BCUT2D eigenvalue weighted by Crippen LogP contribution is 2.35. The number of nitrogens with zero attached hydrogens (tertiary/aromatic N) is 1. The van der Waals surface area contributed by atoms with E-state index in [1.165, 1.54) is 0 Å². The van der Waals surface area contributed by atoms with Crippen LogP contribution in [0.3, 0.4) is 0 Å². The average molecular weight is 418 g/mol. The predicted molar refractivity (Wildman–Crippen MR) is 112 cm³/mol. The van der Waals surface area contributed by atoms with E-state index in [9.17, 15) is 14.4 Å². The fourth-order valence-corrected chi connectivity index (χ4v) is 3.67. The van der Waals surface area contributed by atoms with Crippen LogP contribution in [0.15, 0.2) is 18.2 Å². The van der Waals surface area contributed by atoms with Crippen LogP contribution >= 0.6 is 0 Å². The zero-order valence-electron chi connectivity index (χ0n) is 18.1. The number of likely N-dealkylation sites (tertiary alicyclic amines) is 1. The molecule has 3 rings (SSSR count). The van der Waals surface area contributed by atoms with Crippen molar-refractivity contribution in [2.24, 2.45) is 5.92 Å². The van der Waals surface area contributed by atoms with Crippen LogP contribution in [0, 0.1) is 5.92 Å². The third-order valence-corrected chi connectivity index (χ3v) is 6.04. The van der Waals surface area contributed by atoms with Gasteiger partial charge in [-0.1, -0.05) is 13.8 Å². The fraction of sp³-hybridized carbons (Fsp3) is 0.591. The van der Waals surface area contributed by atoms with Crippen LogP contribution in [0.4, 0.5) is 0 Å². The molecule has 1 aromatic rings. The molecule has 2 aliphatic rings. The highest BCUT2D eigenvalue weighted by molar-refractivity contribution is 5.97. The number of carbonyl (C=O) groups excluding carboxylic acids is 3. The van der Waals surface area contributed by atoms with Crippen molar-refractivity contribution < 1.29 is 23.9 Å². The molecular formula is C22H31N3O5. The minimum atomic E-state index is -0.709. The molecule has 1 saturated heterocycles. The Morgan fingerprint density at radius 3 is 2.77 bits per heavy atom. The van der Waals surface area contributed by atoms with Gasteiger partial charge in [0.25, 0.3) is 5.91 Å². The van der Waals surface area contributed by atoms with Gasteiger partial charge < -0.3 is 25.0 Å². The molecule has 1 fully saturated rings. The average Bonchev–Trinajstić information content (AvgIpc) is 2.95. The standard InChI is InChI=1S/C22H31N3O5/c1-14(2)15(3)24-19(26)12-25-10-9-22(8-7-20(25)27)13-23-21(28)17-6-5-16(29-4)11-18(17)30-22/h5-6,11,14-15H,7-10,12-13H2,1-4H3,(H,23,28)(H,24,26). The van der Waals surface area contributed by atoms with Crippen molar-refractivity contribution in [2.45, 2.75) is 51.7 Å². The van der Waals surface area contributed by atoms with Crippen LogP contribution in [0.25, 0.3) is 0 Å². The van der Waals surface area contributed by atoms with E-state index in [1.54, 1.807) is 30.2 Å². The van der Waals surface area contributed by atoms with Gasteiger partial charge >= 0.3 is 0 Å². The quantitative estimate of drug-likeness (QED) is 0.761. The van der Waals surface area contributed by atoms with Crippen molar-refractivity contribution in [3.8, 4) is 11.5 Å². The van der Waals surface area contributed by atoms with Gasteiger partial charge in [0, 0.05) is 31.5 Å². The maximum absolute atomic E-state index is 12.7. The first-order valence-corrected chi connectivity index (χ1v) is 10.5. The lowest BCUT2D eigenvalue weighted by Gasteiger charge is -2.32. The first-order valence-electron chi connectivity index (χ1n) is 10.5. The van der Waals surface area contributed by atoms with Gasteiger partial charge in [0.15, 0.2) is 0 Å². The molecule has 2 N–H and O–H groups in total. The molecule has 0 aliphatic carbocycles. The van der Waals surface area contributed by atoms with Crippen molar-refractivity contribution in [1.82, 2.24) is 15.5 Å². The van der Waals surface area contributed by atoms with Crippen LogP contribution < -0.4 is 20.1 Å². The molecule has 0 saturated carbocycles. The third-order valence-electron chi connectivity index (χ3n) is 6.04. The van der Waals surface area contributed by atoms with Gasteiger partial charge in [-0.15, -0.1) is 0 Å². The molecular weight excluding hydrogens is 386 g/mol. The molecule has 1 spiro atoms. The van der Waals surface area contributed by atoms with Crippen LogP contribution in [0.1, 0.15) is 50.4 Å². The Hall–Kier alpha value is -2.77. The van der Waals surface area contributed by atoms with E-state index in [2.05, 4.69) is 10.6 Å². The Morgan fingerprint density at radius 2 is 2.07 bits per heavy atom. The number of methoxy groups -OCH3 is 1. The topological polar surface area (TPSA) is 97.0 Å². The summed E-state index contributed by atoms with van der Waals surface area (Å²) in [6, 6.07) is 5.14. The zero-order valence-corrected chi connectivity index (χ0v) is 18.1. The van der Waals surface area contributed by atoms with Crippen molar-refractivity contribution in [1.29, 1.82) is 0 Å². The minimum Gasteiger partial charge on any atom is -0.497 e. The highest BCUT2D eigenvalue weighted by atomic mass is 16.5. The van der Waals surface area contributed by atoms with E-state index in [-0.39, 0.29) is 36.7 Å². The maximum Gasteiger partial charge on any atom is 0.255 e. The predicted octanol–water partition coefficient (Wildman–Crippen LogP) is 1.73. The zero-order chi connectivity index (χ0) is 21.9. The molecule has 3 amide bonds. The number of carbonyl (C=O) groups is 3. The minimum absolute atomic E-state index is 0.0305. The Kier molecular flexibility index (Phi) is 6.53. The number of amides is 3. The lowest BCUT2D eigenvalue weighted by Crippen LogP contribution is -2.47. The third kappa shape index (κ3) is 4.86. The van der Waals surface area contributed by atoms with Crippen molar-refractivity contribution >= 4 is 17.7 Å². The number of nitrogens with one attached hydrogen (secondary N) is 2. The first-order chi connectivity index (χ1) is 14.2. The molecule has 0 aromatic heterocycles. The summed E-state index contributed by atoms with van der Waals surface area (Å²) in [7, 11) is 1.56. The molecule has 0 bridgehead atoms. The largest absolute Gasteiger partial charge is 0.497 e. The van der Waals surface area contributed by atoms with Gasteiger partial charge in [-0.25, -0.2) is 0 Å². The summed E-state index contributed by atoms with van der Waals surface area (Å²) in [6.07, 6.45) is 1.23. The van der Waals surface area contributed by atoms with E-state index >= 15 is 0 Å². The van der Waals surface area contributed by atoms with Crippen LogP contribution in [0.2, 0.25) is 0 Å².